The third kappa shape index (κ3) is 2.59. The smallest absolute Gasteiger partial charge is 0.193 e. The lowest BCUT2D eigenvalue weighted by Crippen LogP contribution is -2.18. The van der Waals surface area contributed by atoms with Crippen molar-refractivity contribution in [3.05, 3.63) is 23.8 Å². The predicted octanol–water partition coefficient (Wildman–Crippen LogP) is 3.43. The third-order valence-electron chi connectivity index (χ3n) is 2.70. The van der Waals surface area contributed by atoms with Crippen molar-refractivity contribution in [1.29, 1.82) is 0 Å². The normalized spacial score (nSPS) is 18.8. The van der Waals surface area contributed by atoms with Crippen molar-refractivity contribution in [3.8, 4) is 5.75 Å². The molecule has 0 radical (unpaired) electrons. The van der Waals surface area contributed by atoms with Crippen LogP contribution in [0, 0.1) is 0 Å². The fourth-order valence-electron chi connectivity index (χ4n) is 1.77. The molecule has 0 fully saturated rings. The van der Waals surface area contributed by atoms with Gasteiger partial charge in [0.25, 0.3) is 0 Å². The van der Waals surface area contributed by atoms with Crippen molar-refractivity contribution < 1.29 is 9.53 Å². The second-order valence-corrected chi connectivity index (χ2v) is 5.20. The van der Waals surface area contributed by atoms with E-state index in [2.05, 4.69) is 13.0 Å². The van der Waals surface area contributed by atoms with Crippen LogP contribution in [0.3, 0.4) is 0 Å². The van der Waals surface area contributed by atoms with Crippen LogP contribution in [0.5, 0.6) is 5.75 Å². The Morgan fingerprint density at radius 2 is 2.38 bits per heavy atom. The molecule has 3 heteroatoms. The Kier molecular flexibility index (Phi) is 3.54. The van der Waals surface area contributed by atoms with E-state index < -0.39 is 0 Å². The third-order valence-corrected chi connectivity index (χ3v) is 3.71. The first-order valence-electron chi connectivity index (χ1n) is 5.69. The average Bonchev–Trinajstić information content (AvgIpc) is 2.29. The van der Waals surface area contributed by atoms with E-state index >= 15 is 0 Å². The molecule has 0 N–H and O–H groups in total. The molecule has 0 spiro atoms. The van der Waals surface area contributed by atoms with E-state index in [-0.39, 0.29) is 5.12 Å². The van der Waals surface area contributed by atoms with Crippen LogP contribution in [-0.2, 0) is 11.2 Å². The molecule has 0 aromatic heterocycles. The average molecular weight is 236 g/mol. The van der Waals surface area contributed by atoms with E-state index in [0.29, 0.717) is 12.5 Å². The molecule has 0 saturated heterocycles. The Morgan fingerprint density at radius 1 is 1.56 bits per heavy atom. The molecule has 0 saturated carbocycles. The van der Waals surface area contributed by atoms with Gasteiger partial charge in [0.1, 0.15) is 5.75 Å². The van der Waals surface area contributed by atoms with Crippen molar-refractivity contribution in [3.63, 3.8) is 0 Å². The fourth-order valence-corrected chi connectivity index (χ4v) is 2.51. The van der Waals surface area contributed by atoms with Gasteiger partial charge in [-0.1, -0.05) is 18.7 Å². The molecule has 1 aliphatic heterocycles. The maximum absolute atomic E-state index is 11.3. The van der Waals surface area contributed by atoms with Gasteiger partial charge in [0.2, 0.25) is 0 Å². The van der Waals surface area contributed by atoms with Gasteiger partial charge in [-0.05, 0) is 43.5 Å². The number of aryl methyl sites for hydroxylation is 1. The van der Waals surface area contributed by atoms with Gasteiger partial charge in [0.15, 0.2) is 5.12 Å². The minimum absolute atomic E-state index is 0.213. The summed E-state index contributed by atoms with van der Waals surface area (Å²) in [5.74, 6) is 0.979. The van der Waals surface area contributed by atoms with Gasteiger partial charge in [-0.15, -0.1) is 0 Å². The van der Waals surface area contributed by atoms with Gasteiger partial charge in [-0.25, -0.2) is 0 Å². The van der Waals surface area contributed by atoms with Crippen molar-refractivity contribution in [2.75, 3.05) is 0 Å². The Balaban J connectivity index is 2.16. The molecule has 1 aromatic carbocycles. The highest BCUT2D eigenvalue weighted by atomic mass is 32.2. The number of rotatable bonds is 2. The number of carbonyl (C=O) groups excluding carboxylic acids is 1. The quantitative estimate of drug-likeness (QED) is 0.736. The zero-order valence-corrected chi connectivity index (χ0v) is 10.5. The summed E-state index contributed by atoms with van der Waals surface area (Å²) in [7, 11) is 0. The van der Waals surface area contributed by atoms with Gasteiger partial charge in [-0.2, -0.15) is 0 Å². The highest BCUT2D eigenvalue weighted by molar-refractivity contribution is 8.13. The van der Waals surface area contributed by atoms with Crippen LogP contribution in [0.4, 0.5) is 0 Å². The fraction of sp³-hybridized carbons (Fsp3) is 0.462. The molecular weight excluding hydrogens is 220 g/mol. The van der Waals surface area contributed by atoms with Crippen molar-refractivity contribution in [1.82, 2.24) is 0 Å². The minimum atomic E-state index is 0.213. The molecule has 0 amide bonds. The molecule has 0 aliphatic carbocycles. The number of thioether (sulfide) groups is 1. The van der Waals surface area contributed by atoms with Gasteiger partial charge >= 0.3 is 0 Å². The Bertz CT molecular complexity index is 401. The number of carbonyl (C=O) groups is 1. The number of hydrogen-bond acceptors (Lipinski definition) is 3. The van der Waals surface area contributed by atoms with Crippen LogP contribution in [0.25, 0.3) is 0 Å². The van der Waals surface area contributed by atoms with Crippen LogP contribution >= 0.6 is 11.8 Å². The molecule has 86 valence electrons. The molecule has 16 heavy (non-hydrogen) atoms. The van der Waals surface area contributed by atoms with Crippen LogP contribution < -0.4 is 4.74 Å². The summed E-state index contributed by atoms with van der Waals surface area (Å²) < 4.78 is 5.72. The Morgan fingerprint density at radius 3 is 3.12 bits per heavy atom. The number of fused-ring (bicyclic) bond motifs is 1. The summed E-state index contributed by atoms with van der Waals surface area (Å²) in [5, 5.41) is 0.213. The van der Waals surface area contributed by atoms with E-state index in [0.717, 1.165) is 23.5 Å². The maximum Gasteiger partial charge on any atom is 0.193 e. The van der Waals surface area contributed by atoms with E-state index in [4.69, 9.17) is 4.74 Å². The first-order chi connectivity index (χ1) is 7.69. The van der Waals surface area contributed by atoms with Crippen LogP contribution in [0.1, 0.15) is 32.3 Å². The number of benzene rings is 1. The van der Waals surface area contributed by atoms with E-state index in [1.165, 1.54) is 17.3 Å². The predicted molar refractivity (Wildman–Crippen MR) is 66.0 cm³/mol. The van der Waals surface area contributed by atoms with Crippen LogP contribution in [0.2, 0.25) is 0 Å². The lowest BCUT2D eigenvalue weighted by molar-refractivity contribution is -0.110. The van der Waals surface area contributed by atoms with Gasteiger partial charge in [0, 0.05) is 11.3 Å². The van der Waals surface area contributed by atoms with Crippen LogP contribution in [0.15, 0.2) is 23.1 Å². The standard InChI is InChI=1S/C13H16O2S/c1-3-13(14)16-11-6-7-12-10(8-11)5-4-9(2)15-12/h6-9H,3-5H2,1-2H3. The molecule has 1 heterocycles. The van der Waals surface area contributed by atoms with Gasteiger partial charge < -0.3 is 4.74 Å². The topological polar surface area (TPSA) is 26.3 Å². The maximum atomic E-state index is 11.3. The zero-order chi connectivity index (χ0) is 11.5. The first-order valence-corrected chi connectivity index (χ1v) is 6.51. The summed E-state index contributed by atoms with van der Waals surface area (Å²) in [6.45, 7) is 3.98. The monoisotopic (exact) mass is 236 g/mol. The lowest BCUT2D eigenvalue weighted by atomic mass is 10.0. The molecule has 2 nitrogen and oxygen atoms in total. The largest absolute Gasteiger partial charge is 0.490 e. The molecule has 1 aromatic rings. The SMILES string of the molecule is CCC(=O)Sc1ccc2c(c1)CCC(C)O2. The van der Waals surface area contributed by atoms with Crippen molar-refractivity contribution >= 4 is 16.9 Å². The van der Waals surface area contributed by atoms with E-state index in [1.54, 1.807) is 0 Å². The van der Waals surface area contributed by atoms with E-state index in [1.807, 2.05) is 19.1 Å². The molecule has 2 rings (SSSR count). The highest BCUT2D eigenvalue weighted by Crippen LogP contribution is 2.31. The lowest BCUT2D eigenvalue weighted by Gasteiger charge is -2.23. The zero-order valence-electron chi connectivity index (χ0n) is 9.66. The number of ether oxygens (including phenoxy) is 1. The Labute approximate surface area is 100 Å². The molecule has 0 bridgehead atoms. The summed E-state index contributed by atoms with van der Waals surface area (Å²) >= 11 is 1.32. The molecule has 1 unspecified atom stereocenters. The van der Waals surface area contributed by atoms with Crippen LogP contribution in [-0.4, -0.2) is 11.2 Å². The molecular formula is C13H16O2S. The van der Waals surface area contributed by atoms with Crippen molar-refractivity contribution in [2.45, 2.75) is 44.1 Å². The van der Waals surface area contributed by atoms with Gasteiger partial charge in [0.05, 0.1) is 6.10 Å². The first kappa shape index (κ1) is 11.5. The second-order valence-electron chi connectivity index (χ2n) is 4.06. The summed E-state index contributed by atoms with van der Waals surface area (Å²) in [6.07, 6.45) is 2.99. The minimum Gasteiger partial charge on any atom is -0.490 e. The summed E-state index contributed by atoms with van der Waals surface area (Å²) in [5.41, 5.74) is 1.23. The van der Waals surface area contributed by atoms with Gasteiger partial charge in [-0.3, -0.25) is 4.79 Å². The molecule has 1 aliphatic rings. The second kappa shape index (κ2) is 4.91. The van der Waals surface area contributed by atoms with E-state index in [9.17, 15) is 4.79 Å². The van der Waals surface area contributed by atoms with Crippen molar-refractivity contribution in [2.24, 2.45) is 0 Å². The highest BCUT2D eigenvalue weighted by Gasteiger charge is 2.16. The molecule has 1 atom stereocenters. The number of hydrogen-bond donors (Lipinski definition) is 0. The summed E-state index contributed by atoms with van der Waals surface area (Å²) in [4.78, 5) is 12.4. The summed E-state index contributed by atoms with van der Waals surface area (Å²) in [6, 6.07) is 6.03. The Hall–Kier alpha value is -0.960.